The summed E-state index contributed by atoms with van der Waals surface area (Å²) in [6.45, 7) is 0. The summed E-state index contributed by atoms with van der Waals surface area (Å²) in [5, 5.41) is 0. The number of para-hydroxylation sites is 1. The number of hydrogen-bond donors (Lipinski definition) is 0. The monoisotopic (exact) mass is 719 g/mol. The fourth-order valence-corrected chi connectivity index (χ4v) is 9.80. The largest absolute Gasteiger partial charge is 0.309 e. The Balaban J connectivity index is 1.27. The van der Waals surface area contributed by atoms with Crippen molar-refractivity contribution < 1.29 is 0 Å². The first kappa shape index (κ1) is 34.1. The lowest BCUT2D eigenvalue weighted by Gasteiger charge is -2.35. The summed E-state index contributed by atoms with van der Waals surface area (Å²) in [5.74, 6) is 0.638. The number of anilines is 3. The Kier molecular flexibility index (Phi) is 8.92. The maximum Gasteiger partial charge on any atom is 0.0714 e. The van der Waals surface area contributed by atoms with Crippen molar-refractivity contribution in [3.8, 4) is 33.4 Å². The van der Waals surface area contributed by atoms with Gasteiger partial charge in [-0.25, -0.2) is 0 Å². The Morgan fingerprint density at radius 1 is 0.375 bits per heavy atom. The smallest absolute Gasteiger partial charge is 0.0714 e. The number of hydrogen-bond acceptors (Lipinski definition) is 1. The fraction of sp³-hybridized carbons (Fsp3) is 0.127. The van der Waals surface area contributed by atoms with E-state index in [0.29, 0.717) is 5.92 Å². The summed E-state index contributed by atoms with van der Waals surface area (Å²) in [6, 6.07) is 76.7. The molecule has 0 spiro atoms. The van der Waals surface area contributed by atoms with Crippen LogP contribution < -0.4 is 4.90 Å². The molecule has 8 aromatic carbocycles. The van der Waals surface area contributed by atoms with Gasteiger partial charge in [-0.3, -0.25) is 0 Å². The average molecular weight is 720 g/mol. The minimum absolute atomic E-state index is 0.498. The molecule has 1 nitrogen and oxygen atoms in total. The number of nitrogens with zero attached hydrogens (tertiary/aromatic N) is 1. The molecule has 270 valence electrons. The Bertz CT molecular complexity index is 2490. The first-order chi connectivity index (χ1) is 27.8. The molecule has 0 aromatic heterocycles. The summed E-state index contributed by atoms with van der Waals surface area (Å²) >= 11 is 0. The summed E-state index contributed by atoms with van der Waals surface area (Å²) in [4.78, 5) is 2.54. The van der Waals surface area contributed by atoms with E-state index in [2.05, 4.69) is 211 Å². The Morgan fingerprint density at radius 2 is 0.857 bits per heavy atom. The van der Waals surface area contributed by atoms with Crippen molar-refractivity contribution in [1.29, 1.82) is 0 Å². The predicted octanol–water partition coefficient (Wildman–Crippen LogP) is 14.9. The normalized spacial score (nSPS) is 14.5. The molecule has 0 N–H and O–H groups in total. The van der Waals surface area contributed by atoms with E-state index in [1.807, 2.05) is 0 Å². The molecule has 0 unspecified atom stereocenters. The minimum atomic E-state index is -0.498. The molecule has 2 aliphatic carbocycles. The number of benzene rings is 8. The molecule has 10 rings (SSSR count). The zero-order valence-electron chi connectivity index (χ0n) is 31.7. The SMILES string of the molecule is c1ccc(-c2cccc(-c3ccccc3)c2N(c2ccc(C3CCCCC3)cc2)c2ccc3c(c2)C(c2ccccc2)(c2ccccc2)c2ccccc2-3)cc1. The van der Waals surface area contributed by atoms with Crippen molar-refractivity contribution in [2.75, 3.05) is 4.90 Å². The highest BCUT2D eigenvalue weighted by molar-refractivity contribution is 5.98. The molecular formula is C55H45N. The van der Waals surface area contributed by atoms with Crippen molar-refractivity contribution in [2.24, 2.45) is 0 Å². The van der Waals surface area contributed by atoms with Gasteiger partial charge in [-0.2, -0.15) is 0 Å². The fourth-order valence-electron chi connectivity index (χ4n) is 9.80. The van der Waals surface area contributed by atoms with Crippen molar-refractivity contribution >= 4 is 17.1 Å². The Morgan fingerprint density at radius 3 is 1.45 bits per heavy atom. The molecule has 1 saturated carbocycles. The van der Waals surface area contributed by atoms with Gasteiger partial charge < -0.3 is 4.90 Å². The maximum absolute atomic E-state index is 2.54. The molecule has 0 aliphatic heterocycles. The predicted molar refractivity (Wildman–Crippen MR) is 235 cm³/mol. The lowest BCUT2D eigenvalue weighted by Crippen LogP contribution is -2.28. The van der Waals surface area contributed by atoms with E-state index >= 15 is 0 Å². The summed E-state index contributed by atoms with van der Waals surface area (Å²) in [7, 11) is 0. The maximum atomic E-state index is 2.54. The van der Waals surface area contributed by atoms with Crippen LogP contribution in [0.4, 0.5) is 17.1 Å². The highest BCUT2D eigenvalue weighted by atomic mass is 15.1. The van der Waals surface area contributed by atoms with Crippen molar-refractivity contribution in [1.82, 2.24) is 0 Å². The van der Waals surface area contributed by atoms with Gasteiger partial charge in [0.15, 0.2) is 0 Å². The van der Waals surface area contributed by atoms with Crippen molar-refractivity contribution in [3.63, 3.8) is 0 Å². The quantitative estimate of drug-likeness (QED) is 0.151. The van der Waals surface area contributed by atoms with Gasteiger partial charge in [-0.15, -0.1) is 0 Å². The van der Waals surface area contributed by atoms with E-state index in [-0.39, 0.29) is 0 Å². The van der Waals surface area contributed by atoms with Gasteiger partial charge in [-0.05, 0) is 93.1 Å². The van der Waals surface area contributed by atoms with E-state index in [1.54, 1.807) is 0 Å². The topological polar surface area (TPSA) is 3.24 Å². The summed E-state index contributed by atoms with van der Waals surface area (Å²) in [5.41, 5.74) is 17.0. The molecule has 8 aromatic rings. The molecular weight excluding hydrogens is 675 g/mol. The van der Waals surface area contributed by atoms with E-state index in [0.717, 1.165) is 11.4 Å². The van der Waals surface area contributed by atoms with Gasteiger partial charge in [0.1, 0.15) is 0 Å². The van der Waals surface area contributed by atoms with Crippen LogP contribution in [0.25, 0.3) is 33.4 Å². The van der Waals surface area contributed by atoms with Crippen LogP contribution in [0.1, 0.15) is 65.8 Å². The van der Waals surface area contributed by atoms with Gasteiger partial charge in [0.25, 0.3) is 0 Å². The van der Waals surface area contributed by atoms with E-state index in [4.69, 9.17) is 0 Å². The molecule has 0 atom stereocenters. The molecule has 56 heavy (non-hydrogen) atoms. The molecule has 0 heterocycles. The van der Waals surface area contributed by atoms with Crippen LogP contribution in [0.5, 0.6) is 0 Å². The standard InChI is InChI=1S/C55H45N/c1-6-19-40(20-7-1)41-33-35-46(36-34-41)56(54-48(42-21-8-2-9-22-42)30-18-31-49(54)43-23-10-3-11-24-43)47-37-38-51-50-29-16-17-32-52(50)55(53(51)39-47,44-25-12-4-13-26-44)45-27-14-5-15-28-45/h2-5,8-18,21-40H,1,6-7,19-20H2. The third-order valence-corrected chi connectivity index (χ3v) is 12.4. The van der Waals surface area contributed by atoms with Gasteiger partial charge >= 0.3 is 0 Å². The molecule has 0 bridgehead atoms. The third-order valence-electron chi connectivity index (χ3n) is 12.4. The third kappa shape index (κ3) is 5.78. The Hall–Kier alpha value is -6.44. The zero-order valence-corrected chi connectivity index (χ0v) is 31.7. The van der Waals surface area contributed by atoms with Crippen molar-refractivity contribution in [3.05, 3.63) is 234 Å². The highest BCUT2D eigenvalue weighted by Crippen LogP contribution is 2.58. The van der Waals surface area contributed by atoms with Crippen LogP contribution in [-0.4, -0.2) is 0 Å². The first-order valence-corrected chi connectivity index (χ1v) is 20.3. The molecule has 0 amide bonds. The lowest BCUT2D eigenvalue weighted by atomic mass is 9.67. The van der Waals surface area contributed by atoms with Crippen LogP contribution in [0.2, 0.25) is 0 Å². The second-order valence-corrected chi connectivity index (χ2v) is 15.5. The van der Waals surface area contributed by atoms with Gasteiger partial charge in [0.05, 0.1) is 11.1 Å². The highest BCUT2D eigenvalue weighted by Gasteiger charge is 2.46. The van der Waals surface area contributed by atoms with Crippen LogP contribution in [0.3, 0.4) is 0 Å². The molecule has 2 aliphatic rings. The first-order valence-electron chi connectivity index (χ1n) is 20.3. The van der Waals surface area contributed by atoms with Gasteiger partial charge in [0, 0.05) is 22.5 Å². The zero-order chi connectivity index (χ0) is 37.3. The molecule has 0 saturated heterocycles. The number of rotatable bonds is 8. The second kappa shape index (κ2) is 14.7. The molecule has 0 radical (unpaired) electrons. The van der Waals surface area contributed by atoms with Crippen LogP contribution >= 0.6 is 0 Å². The average Bonchev–Trinajstić information content (AvgIpc) is 3.59. The van der Waals surface area contributed by atoms with E-state index in [9.17, 15) is 0 Å². The van der Waals surface area contributed by atoms with Crippen molar-refractivity contribution in [2.45, 2.75) is 43.4 Å². The Labute approximate surface area is 331 Å². The molecule has 1 heteroatoms. The molecule has 1 fully saturated rings. The van der Waals surface area contributed by atoms with Crippen LogP contribution in [-0.2, 0) is 5.41 Å². The minimum Gasteiger partial charge on any atom is -0.309 e. The van der Waals surface area contributed by atoms with Gasteiger partial charge in [-0.1, -0.05) is 201 Å². The van der Waals surface area contributed by atoms with Gasteiger partial charge in [0.2, 0.25) is 0 Å². The number of fused-ring (bicyclic) bond motifs is 3. The van der Waals surface area contributed by atoms with E-state index < -0.39 is 5.41 Å². The van der Waals surface area contributed by atoms with Crippen LogP contribution in [0.15, 0.2) is 206 Å². The van der Waals surface area contributed by atoms with Crippen LogP contribution in [0, 0.1) is 0 Å². The van der Waals surface area contributed by atoms with E-state index in [1.165, 1.54) is 99.0 Å². The second-order valence-electron chi connectivity index (χ2n) is 15.5. The lowest BCUT2D eigenvalue weighted by molar-refractivity contribution is 0.443. The summed E-state index contributed by atoms with van der Waals surface area (Å²) in [6.07, 6.45) is 6.57. The summed E-state index contributed by atoms with van der Waals surface area (Å²) < 4.78 is 0.